The highest BCUT2D eigenvalue weighted by Gasteiger charge is 2.11. The predicted octanol–water partition coefficient (Wildman–Crippen LogP) is 3.32. The number of hydrogen-bond acceptors (Lipinski definition) is 4. The SMILES string of the molecule is CCNC(=NCc1cccc(-c2ncn[nH]2)c1)NCc1ccc(CN2CCCC2)cc1. The Morgan fingerprint density at radius 2 is 1.84 bits per heavy atom. The topological polar surface area (TPSA) is 81.2 Å². The van der Waals surface area contributed by atoms with E-state index in [9.17, 15) is 0 Å². The lowest BCUT2D eigenvalue weighted by atomic mass is 10.1. The molecule has 1 aliphatic rings. The summed E-state index contributed by atoms with van der Waals surface area (Å²) in [5, 5.41) is 13.6. The van der Waals surface area contributed by atoms with Gasteiger partial charge in [-0.25, -0.2) is 9.98 Å². The van der Waals surface area contributed by atoms with Crippen LogP contribution in [0.1, 0.15) is 36.5 Å². The first-order valence-corrected chi connectivity index (χ1v) is 11.1. The van der Waals surface area contributed by atoms with Crippen molar-refractivity contribution < 1.29 is 0 Å². The summed E-state index contributed by atoms with van der Waals surface area (Å²) in [4.78, 5) is 11.5. The Morgan fingerprint density at radius 3 is 2.58 bits per heavy atom. The molecule has 4 rings (SSSR count). The average Bonchev–Trinajstić information content (AvgIpc) is 3.51. The maximum absolute atomic E-state index is 4.75. The molecule has 7 nitrogen and oxygen atoms in total. The summed E-state index contributed by atoms with van der Waals surface area (Å²) in [5.41, 5.74) is 4.77. The van der Waals surface area contributed by atoms with E-state index in [1.807, 2.05) is 12.1 Å². The molecule has 7 heteroatoms. The van der Waals surface area contributed by atoms with E-state index in [1.54, 1.807) is 0 Å². The highest BCUT2D eigenvalue weighted by atomic mass is 15.2. The van der Waals surface area contributed by atoms with Crippen LogP contribution in [-0.2, 0) is 19.6 Å². The number of guanidine groups is 1. The lowest BCUT2D eigenvalue weighted by Crippen LogP contribution is -2.36. The van der Waals surface area contributed by atoms with Crippen molar-refractivity contribution in [1.82, 2.24) is 30.7 Å². The third-order valence-corrected chi connectivity index (χ3v) is 5.47. The number of nitrogens with one attached hydrogen (secondary N) is 3. The minimum atomic E-state index is 0.589. The van der Waals surface area contributed by atoms with Gasteiger partial charge in [0.1, 0.15) is 6.33 Å². The van der Waals surface area contributed by atoms with Crippen LogP contribution in [0.25, 0.3) is 11.4 Å². The van der Waals surface area contributed by atoms with Crippen LogP contribution in [0.4, 0.5) is 0 Å². The van der Waals surface area contributed by atoms with Crippen LogP contribution in [-0.4, -0.2) is 45.7 Å². The third kappa shape index (κ3) is 6.15. The summed E-state index contributed by atoms with van der Waals surface area (Å²) < 4.78 is 0. The number of benzene rings is 2. The van der Waals surface area contributed by atoms with E-state index < -0.39 is 0 Å². The van der Waals surface area contributed by atoms with Gasteiger partial charge in [0.25, 0.3) is 0 Å². The standard InChI is InChI=1S/C24H31N7/c1-2-25-24(27-16-21-6-5-7-22(14-21)23-28-18-29-30-23)26-15-19-8-10-20(11-9-19)17-31-12-3-4-13-31/h5-11,14,18H,2-4,12-13,15-17H2,1H3,(H2,25,26,27)(H,28,29,30). The molecule has 0 unspecified atom stereocenters. The number of likely N-dealkylation sites (tertiary alicyclic amines) is 1. The number of aromatic amines is 1. The molecular formula is C24H31N7. The molecule has 0 saturated carbocycles. The van der Waals surface area contributed by atoms with Crippen LogP contribution in [0.15, 0.2) is 59.9 Å². The van der Waals surface area contributed by atoms with Gasteiger partial charge in [-0.3, -0.25) is 10.00 Å². The molecular weight excluding hydrogens is 386 g/mol. The van der Waals surface area contributed by atoms with Crippen molar-refractivity contribution in [2.75, 3.05) is 19.6 Å². The van der Waals surface area contributed by atoms with E-state index in [4.69, 9.17) is 4.99 Å². The molecule has 0 aliphatic carbocycles. The molecule has 162 valence electrons. The molecule has 0 atom stereocenters. The molecule has 3 N–H and O–H groups in total. The van der Waals surface area contributed by atoms with Crippen LogP contribution in [0.3, 0.4) is 0 Å². The molecule has 2 aromatic carbocycles. The van der Waals surface area contributed by atoms with Crippen molar-refractivity contribution in [1.29, 1.82) is 0 Å². The molecule has 1 aliphatic heterocycles. The normalized spacial score (nSPS) is 14.7. The van der Waals surface area contributed by atoms with Gasteiger partial charge in [-0.2, -0.15) is 5.10 Å². The van der Waals surface area contributed by atoms with Crippen LogP contribution < -0.4 is 10.6 Å². The first-order valence-electron chi connectivity index (χ1n) is 11.1. The van der Waals surface area contributed by atoms with Gasteiger partial charge < -0.3 is 10.6 Å². The smallest absolute Gasteiger partial charge is 0.191 e. The zero-order valence-electron chi connectivity index (χ0n) is 18.1. The summed E-state index contributed by atoms with van der Waals surface area (Å²) in [5.74, 6) is 1.58. The zero-order chi connectivity index (χ0) is 21.3. The fraction of sp³-hybridized carbons (Fsp3) is 0.375. The first-order chi connectivity index (χ1) is 15.3. The van der Waals surface area contributed by atoms with Crippen molar-refractivity contribution in [3.8, 4) is 11.4 Å². The molecule has 31 heavy (non-hydrogen) atoms. The summed E-state index contributed by atoms with van der Waals surface area (Å²) >= 11 is 0. The second kappa shape index (κ2) is 10.7. The Labute approximate surface area is 184 Å². The largest absolute Gasteiger partial charge is 0.357 e. The van der Waals surface area contributed by atoms with Crippen molar-refractivity contribution in [2.45, 2.75) is 39.4 Å². The minimum absolute atomic E-state index is 0.589. The number of rotatable bonds is 8. The molecule has 0 radical (unpaired) electrons. The molecule has 0 amide bonds. The Bertz CT molecular complexity index is 958. The van der Waals surface area contributed by atoms with E-state index in [0.717, 1.165) is 42.5 Å². The van der Waals surface area contributed by atoms with Crippen molar-refractivity contribution in [2.24, 2.45) is 4.99 Å². The minimum Gasteiger partial charge on any atom is -0.357 e. The maximum Gasteiger partial charge on any atom is 0.191 e. The Morgan fingerprint density at radius 1 is 1.03 bits per heavy atom. The van der Waals surface area contributed by atoms with Gasteiger partial charge in [0.05, 0.1) is 6.54 Å². The van der Waals surface area contributed by atoms with Crippen LogP contribution in [0.2, 0.25) is 0 Å². The molecule has 2 heterocycles. The van der Waals surface area contributed by atoms with E-state index in [-0.39, 0.29) is 0 Å². The van der Waals surface area contributed by atoms with Crippen molar-refractivity contribution in [3.05, 3.63) is 71.5 Å². The van der Waals surface area contributed by atoms with E-state index in [2.05, 4.69) is 74.0 Å². The van der Waals surface area contributed by atoms with E-state index in [1.165, 1.54) is 43.4 Å². The first kappa shape index (κ1) is 21.1. The zero-order valence-corrected chi connectivity index (χ0v) is 18.1. The fourth-order valence-corrected chi connectivity index (χ4v) is 3.82. The lowest BCUT2D eigenvalue weighted by molar-refractivity contribution is 0.331. The highest BCUT2D eigenvalue weighted by molar-refractivity contribution is 5.79. The molecule has 3 aromatic rings. The number of hydrogen-bond donors (Lipinski definition) is 3. The van der Waals surface area contributed by atoms with Gasteiger partial charge in [0.15, 0.2) is 11.8 Å². The lowest BCUT2D eigenvalue weighted by Gasteiger charge is -2.15. The van der Waals surface area contributed by atoms with Gasteiger partial charge in [0, 0.05) is 25.2 Å². The second-order valence-corrected chi connectivity index (χ2v) is 7.88. The summed E-state index contributed by atoms with van der Waals surface area (Å²) in [6.45, 7) is 7.75. The van der Waals surface area contributed by atoms with Gasteiger partial charge in [-0.05, 0) is 55.6 Å². The van der Waals surface area contributed by atoms with Crippen LogP contribution >= 0.6 is 0 Å². The van der Waals surface area contributed by atoms with Crippen molar-refractivity contribution in [3.63, 3.8) is 0 Å². The van der Waals surface area contributed by atoms with Gasteiger partial charge in [-0.1, -0.05) is 42.5 Å². The average molecular weight is 418 g/mol. The van der Waals surface area contributed by atoms with Gasteiger partial charge in [0.2, 0.25) is 0 Å². The molecule has 1 fully saturated rings. The summed E-state index contributed by atoms with van der Waals surface area (Å²) in [6, 6.07) is 17.1. The summed E-state index contributed by atoms with van der Waals surface area (Å²) in [7, 11) is 0. The number of aliphatic imine (C=N–C) groups is 1. The monoisotopic (exact) mass is 417 g/mol. The van der Waals surface area contributed by atoms with Gasteiger partial charge >= 0.3 is 0 Å². The van der Waals surface area contributed by atoms with Crippen LogP contribution in [0, 0.1) is 0 Å². The number of aromatic nitrogens is 3. The quantitative estimate of drug-likeness (QED) is 0.387. The number of nitrogens with zero attached hydrogens (tertiary/aromatic N) is 4. The third-order valence-electron chi connectivity index (χ3n) is 5.47. The highest BCUT2D eigenvalue weighted by Crippen LogP contribution is 2.16. The van der Waals surface area contributed by atoms with E-state index in [0.29, 0.717) is 6.54 Å². The number of H-pyrrole nitrogens is 1. The van der Waals surface area contributed by atoms with Crippen LogP contribution in [0.5, 0.6) is 0 Å². The molecule has 0 spiro atoms. The van der Waals surface area contributed by atoms with E-state index >= 15 is 0 Å². The maximum atomic E-state index is 4.75. The summed E-state index contributed by atoms with van der Waals surface area (Å²) in [6.07, 6.45) is 4.18. The van der Waals surface area contributed by atoms with Crippen molar-refractivity contribution >= 4 is 5.96 Å². The Kier molecular flexibility index (Phi) is 7.28. The molecule has 1 saturated heterocycles. The van der Waals surface area contributed by atoms with Gasteiger partial charge in [-0.15, -0.1) is 0 Å². The molecule has 1 aromatic heterocycles. The Balaban J connectivity index is 1.33. The fourth-order valence-electron chi connectivity index (χ4n) is 3.82. The Hall–Kier alpha value is -3.19. The predicted molar refractivity (Wildman–Crippen MR) is 124 cm³/mol. The molecule has 0 bridgehead atoms. The second-order valence-electron chi connectivity index (χ2n) is 7.88.